The molecule has 4 nitrogen and oxygen atoms in total. The number of hydrogen-bond donors (Lipinski definition) is 0. The Hall–Kier alpha value is -1.97. The van der Waals surface area contributed by atoms with Crippen molar-refractivity contribution in [3.05, 3.63) is 34.2 Å². The molecular weight excluding hydrogens is 184 g/mol. The summed E-state index contributed by atoms with van der Waals surface area (Å²) >= 11 is 0. The summed E-state index contributed by atoms with van der Waals surface area (Å²) in [4.78, 5) is 11.0. The highest BCUT2D eigenvalue weighted by atomic mass is 16.4. The molecular formula is C10H6O4-2. The first-order valence-corrected chi connectivity index (χ1v) is 4.00. The van der Waals surface area contributed by atoms with Crippen LogP contribution in [0.4, 0.5) is 0 Å². The Morgan fingerprint density at radius 1 is 1.14 bits per heavy atom. The summed E-state index contributed by atoms with van der Waals surface area (Å²) < 4.78 is 4.78. The van der Waals surface area contributed by atoms with E-state index in [4.69, 9.17) is 4.42 Å². The number of aryl methyl sites for hydroxylation is 1. The molecule has 0 aliphatic rings. The summed E-state index contributed by atoms with van der Waals surface area (Å²) in [5, 5.41) is 22.5. The molecule has 0 unspecified atom stereocenters. The zero-order chi connectivity index (χ0) is 10.3. The van der Waals surface area contributed by atoms with E-state index in [-0.39, 0.29) is 5.58 Å². The lowest BCUT2D eigenvalue weighted by Crippen LogP contribution is -2.02. The fraction of sp³-hybridized carbons (Fsp3) is 0.100. The van der Waals surface area contributed by atoms with Crippen molar-refractivity contribution in [2.45, 2.75) is 6.92 Å². The average Bonchev–Trinajstić information content (AvgIpc) is 2.08. The first kappa shape index (κ1) is 8.62. The number of rotatable bonds is 0. The third-order valence-corrected chi connectivity index (χ3v) is 2.02. The molecule has 0 aliphatic heterocycles. The van der Waals surface area contributed by atoms with Crippen molar-refractivity contribution in [2.75, 3.05) is 0 Å². The Balaban J connectivity index is 2.96. The van der Waals surface area contributed by atoms with E-state index in [0.717, 1.165) is 6.07 Å². The second-order valence-electron chi connectivity index (χ2n) is 3.04. The Bertz CT molecular complexity index is 554. The van der Waals surface area contributed by atoms with Crippen LogP contribution in [0.15, 0.2) is 27.4 Å². The summed E-state index contributed by atoms with van der Waals surface area (Å²) in [5.41, 5.74) is 0.279. The second kappa shape index (κ2) is 2.77. The summed E-state index contributed by atoms with van der Waals surface area (Å²) in [7, 11) is 0. The summed E-state index contributed by atoms with van der Waals surface area (Å²) in [6.45, 7) is 1.68. The van der Waals surface area contributed by atoms with Gasteiger partial charge in [0.15, 0.2) is 0 Å². The first-order chi connectivity index (χ1) is 6.58. The maximum atomic E-state index is 11.0. The van der Waals surface area contributed by atoms with E-state index in [1.807, 2.05) is 0 Å². The molecule has 0 bridgehead atoms. The molecule has 0 amide bonds. The maximum Gasteiger partial charge on any atom is 0.336 e. The molecule has 2 rings (SSSR count). The van der Waals surface area contributed by atoms with Crippen LogP contribution < -0.4 is 15.8 Å². The van der Waals surface area contributed by atoms with Gasteiger partial charge in [0.25, 0.3) is 0 Å². The molecule has 4 heteroatoms. The summed E-state index contributed by atoms with van der Waals surface area (Å²) in [6.07, 6.45) is 0. The predicted octanol–water partition coefficient (Wildman–Crippen LogP) is 0.249. The van der Waals surface area contributed by atoms with Gasteiger partial charge >= 0.3 is 5.63 Å². The fourth-order valence-electron chi connectivity index (χ4n) is 1.33. The van der Waals surface area contributed by atoms with Gasteiger partial charge < -0.3 is 14.6 Å². The van der Waals surface area contributed by atoms with Crippen LogP contribution in [0, 0.1) is 6.92 Å². The van der Waals surface area contributed by atoms with Gasteiger partial charge in [-0.25, -0.2) is 4.79 Å². The standard InChI is InChI=1S/C10H8O4/c1-5-2-10(13)14-9-4-8(12)7(11)3-6(5)9/h2-4,11-12H,1H3/p-2. The highest BCUT2D eigenvalue weighted by Gasteiger charge is 2.00. The molecule has 0 N–H and O–H groups in total. The smallest absolute Gasteiger partial charge is 0.336 e. The quantitative estimate of drug-likeness (QED) is 0.558. The van der Waals surface area contributed by atoms with Gasteiger partial charge in [0, 0.05) is 11.5 Å². The molecule has 0 radical (unpaired) electrons. The molecule has 1 aromatic heterocycles. The van der Waals surface area contributed by atoms with Gasteiger partial charge in [-0.1, -0.05) is 6.07 Å². The number of benzene rings is 1. The molecule has 2 aromatic rings. The Labute approximate surface area is 79.0 Å². The third kappa shape index (κ3) is 1.21. The van der Waals surface area contributed by atoms with Gasteiger partial charge in [-0.15, -0.1) is 11.5 Å². The highest BCUT2D eigenvalue weighted by molar-refractivity contribution is 5.83. The van der Waals surface area contributed by atoms with E-state index in [1.165, 1.54) is 12.1 Å². The zero-order valence-electron chi connectivity index (χ0n) is 7.37. The van der Waals surface area contributed by atoms with Crippen LogP contribution in [0.25, 0.3) is 11.0 Å². The second-order valence-corrected chi connectivity index (χ2v) is 3.04. The molecule has 0 fully saturated rings. The zero-order valence-corrected chi connectivity index (χ0v) is 7.37. The van der Waals surface area contributed by atoms with Crippen LogP contribution in [0.3, 0.4) is 0 Å². The van der Waals surface area contributed by atoms with Crippen molar-refractivity contribution in [3.63, 3.8) is 0 Å². The summed E-state index contributed by atoms with van der Waals surface area (Å²) in [6, 6.07) is 3.52. The SMILES string of the molecule is Cc1cc(=O)oc2cc([O-])c([O-])cc12. The molecule has 1 heterocycles. The fourth-order valence-corrected chi connectivity index (χ4v) is 1.33. The van der Waals surface area contributed by atoms with Crippen molar-refractivity contribution in [1.82, 2.24) is 0 Å². The molecule has 0 aliphatic carbocycles. The molecule has 0 saturated carbocycles. The minimum atomic E-state index is -0.661. The van der Waals surface area contributed by atoms with E-state index < -0.39 is 17.1 Å². The van der Waals surface area contributed by atoms with E-state index in [0.29, 0.717) is 10.9 Å². The molecule has 14 heavy (non-hydrogen) atoms. The largest absolute Gasteiger partial charge is 0.873 e. The number of hydrogen-bond acceptors (Lipinski definition) is 4. The van der Waals surface area contributed by atoms with Crippen molar-refractivity contribution in [2.24, 2.45) is 0 Å². The minimum Gasteiger partial charge on any atom is -0.873 e. The minimum absolute atomic E-state index is 0.166. The van der Waals surface area contributed by atoms with Crippen LogP contribution in [0.2, 0.25) is 0 Å². The normalized spacial score (nSPS) is 10.6. The monoisotopic (exact) mass is 190 g/mol. The van der Waals surface area contributed by atoms with Gasteiger partial charge in [-0.2, -0.15) is 0 Å². The van der Waals surface area contributed by atoms with Gasteiger partial charge in [-0.3, -0.25) is 0 Å². The Kier molecular flexibility index (Phi) is 1.70. The lowest BCUT2D eigenvalue weighted by atomic mass is 10.1. The van der Waals surface area contributed by atoms with Crippen molar-refractivity contribution >= 4 is 11.0 Å². The molecule has 0 spiro atoms. The van der Waals surface area contributed by atoms with Gasteiger partial charge in [0.05, 0.1) is 0 Å². The Morgan fingerprint density at radius 2 is 1.79 bits per heavy atom. The van der Waals surface area contributed by atoms with E-state index >= 15 is 0 Å². The van der Waals surface area contributed by atoms with Crippen LogP contribution in [0.5, 0.6) is 11.5 Å². The first-order valence-electron chi connectivity index (χ1n) is 4.00. The molecule has 1 aromatic carbocycles. The molecule has 72 valence electrons. The van der Waals surface area contributed by atoms with Crippen molar-refractivity contribution in [1.29, 1.82) is 0 Å². The molecule has 0 atom stereocenters. The van der Waals surface area contributed by atoms with Crippen LogP contribution in [0.1, 0.15) is 5.56 Å². The van der Waals surface area contributed by atoms with E-state index in [1.54, 1.807) is 6.92 Å². The predicted molar refractivity (Wildman–Crippen MR) is 46.1 cm³/mol. The number of fused-ring (bicyclic) bond motifs is 1. The lowest BCUT2D eigenvalue weighted by molar-refractivity contribution is -0.317. The average molecular weight is 190 g/mol. The van der Waals surface area contributed by atoms with Crippen LogP contribution in [-0.2, 0) is 0 Å². The van der Waals surface area contributed by atoms with Crippen LogP contribution in [-0.4, -0.2) is 0 Å². The Morgan fingerprint density at radius 3 is 2.50 bits per heavy atom. The molecule has 0 saturated heterocycles. The topological polar surface area (TPSA) is 76.3 Å². The maximum absolute atomic E-state index is 11.0. The van der Waals surface area contributed by atoms with Gasteiger partial charge in [-0.05, 0) is 18.6 Å². The van der Waals surface area contributed by atoms with E-state index in [2.05, 4.69) is 0 Å². The summed E-state index contributed by atoms with van der Waals surface area (Å²) in [5.74, 6) is -1.25. The van der Waals surface area contributed by atoms with Crippen molar-refractivity contribution < 1.29 is 14.6 Å². The van der Waals surface area contributed by atoms with Gasteiger partial charge in [0.1, 0.15) is 5.58 Å². The lowest BCUT2D eigenvalue weighted by Gasteiger charge is -2.18. The van der Waals surface area contributed by atoms with E-state index in [9.17, 15) is 15.0 Å². The van der Waals surface area contributed by atoms with Crippen LogP contribution >= 0.6 is 0 Å². The van der Waals surface area contributed by atoms with Crippen molar-refractivity contribution in [3.8, 4) is 11.5 Å². The third-order valence-electron chi connectivity index (χ3n) is 2.02. The van der Waals surface area contributed by atoms with Gasteiger partial charge in [0.2, 0.25) is 0 Å². The highest BCUT2D eigenvalue weighted by Crippen LogP contribution is 2.26.